The maximum absolute atomic E-state index is 12.6. The number of aliphatic hydroxyl groups is 1. The van der Waals surface area contributed by atoms with Crippen molar-refractivity contribution in [3.63, 3.8) is 0 Å². The van der Waals surface area contributed by atoms with E-state index in [0.717, 1.165) is 24.3 Å². The summed E-state index contributed by atoms with van der Waals surface area (Å²) < 4.78 is 37.7. The number of rotatable bonds is 6. The fraction of sp³-hybridized carbons (Fsp3) is 0.222. The number of hydrogen-bond donors (Lipinski definition) is 3. The van der Waals surface area contributed by atoms with Crippen LogP contribution in [0.3, 0.4) is 0 Å². The van der Waals surface area contributed by atoms with Crippen LogP contribution in [0.5, 0.6) is 0 Å². The summed E-state index contributed by atoms with van der Waals surface area (Å²) in [5.41, 5.74) is 4.96. The number of hydrogen-bond acceptors (Lipinski definition) is 3. The van der Waals surface area contributed by atoms with Crippen LogP contribution in [-0.4, -0.2) is 23.0 Å². The van der Waals surface area contributed by atoms with Crippen LogP contribution >= 0.6 is 11.6 Å². The van der Waals surface area contributed by atoms with Crippen molar-refractivity contribution in [3.8, 4) is 0 Å². The van der Waals surface area contributed by atoms with Gasteiger partial charge in [0.25, 0.3) is 5.91 Å². The van der Waals surface area contributed by atoms with Gasteiger partial charge in [0.2, 0.25) is 5.91 Å². The van der Waals surface area contributed by atoms with E-state index in [4.69, 9.17) is 17.3 Å². The molecule has 2 amide bonds. The Labute approximate surface area is 157 Å². The molecule has 0 fully saturated rings. The lowest BCUT2D eigenvalue weighted by Crippen LogP contribution is -2.47. The molecule has 144 valence electrons. The summed E-state index contributed by atoms with van der Waals surface area (Å²) >= 11 is 5.87. The van der Waals surface area contributed by atoms with Crippen molar-refractivity contribution in [2.24, 2.45) is 5.73 Å². The zero-order valence-electron chi connectivity index (χ0n) is 13.8. The molecule has 0 bridgehead atoms. The third-order valence-corrected chi connectivity index (χ3v) is 4.03. The van der Waals surface area contributed by atoms with Gasteiger partial charge in [-0.05, 0) is 35.4 Å². The topological polar surface area (TPSA) is 92.4 Å². The molecule has 0 unspecified atom stereocenters. The molecular formula is C18H16ClF3N2O3. The molecular weight excluding hydrogens is 385 g/mol. The maximum Gasteiger partial charge on any atom is 0.416 e. The van der Waals surface area contributed by atoms with Crippen LogP contribution in [0.2, 0.25) is 5.02 Å². The van der Waals surface area contributed by atoms with E-state index in [0.29, 0.717) is 10.6 Å². The highest BCUT2D eigenvalue weighted by Crippen LogP contribution is 2.30. The van der Waals surface area contributed by atoms with Gasteiger partial charge >= 0.3 is 6.18 Å². The Morgan fingerprint density at radius 3 is 2.30 bits per heavy atom. The van der Waals surface area contributed by atoms with Gasteiger partial charge in [0, 0.05) is 11.4 Å². The Balaban J connectivity index is 2.09. The van der Waals surface area contributed by atoms with Crippen molar-refractivity contribution in [1.82, 2.24) is 5.32 Å². The molecule has 0 heterocycles. The first kappa shape index (κ1) is 20.7. The number of benzene rings is 2. The quantitative estimate of drug-likeness (QED) is 0.696. The minimum Gasteiger partial charge on any atom is -0.378 e. The standard InChI is InChI=1S/C18H16ClF3N2O3/c19-13-3-1-2-10(8-13)9-14(16(23)26)24-17(27)15(25)11-4-6-12(7-5-11)18(20,21)22/h1-8,14-15,25H,9H2,(H2,23,26)(H,24,27)/t14-,15-/m0/s1. The number of primary amides is 1. The summed E-state index contributed by atoms with van der Waals surface area (Å²) in [7, 11) is 0. The number of halogens is 4. The minimum absolute atomic E-state index is 0.0430. The van der Waals surface area contributed by atoms with Crippen molar-refractivity contribution in [2.45, 2.75) is 24.7 Å². The van der Waals surface area contributed by atoms with Crippen molar-refractivity contribution in [1.29, 1.82) is 0 Å². The zero-order valence-corrected chi connectivity index (χ0v) is 14.6. The molecule has 2 aromatic rings. The highest BCUT2D eigenvalue weighted by Gasteiger charge is 2.31. The van der Waals surface area contributed by atoms with Gasteiger partial charge in [-0.1, -0.05) is 35.9 Å². The van der Waals surface area contributed by atoms with Gasteiger partial charge in [0.15, 0.2) is 6.10 Å². The monoisotopic (exact) mass is 400 g/mol. The van der Waals surface area contributed by atoms with E-state index in [1.54, 1.807) is 24.3 Å². The lowest BCUT2D eigenvalue weighted by molar-refractivity contribution is -0.137. The molecule has 5 nitrogen and oxygen atoms in total. The van der Waals surface area contributed by atoms with Crippen LogP contribution in [0.4, 0.5) is 13.2 Å². The zero-order chi connectivity index (χ0) is 20.2. The molecule has 0 saturated heterocycles. The summed E-state index contributed by atoms with van der Waals surface area (Å²) in [6, 6.07) is 8.93. The van der Waals surface area contributed by atoms with Gasteiger partial charge in [-0.3, -0.25) is 9.59 Å². The highest BCUT2D eigenvalue weighted by molar-refractivity contribution is 6.30. The Kier molecular flexibility index (Phi) is 6.45. The van der Waals surface area contributed by atoms with Crippen LogP contribution < -0.4 is 11.1 Å². The molecule has 27 heavy (non-hydrogen) atoms. The van der Waals surface area contributed by atoms with Gasteiger partial charge in [-0.25, -0.2) is 0 Å². The first-order chi connectivity index (χ1) is 12.6. The largest absolute Gasteiger partial charge is 0.416 e. The number of carbonyl (C=O) groups is 2. The molecule has 4 N–H and O–H groups in total. The maximum atomic E-state index is 12.6. The third kappa shape index (κ3) is 5.70. The summed E-state index contributed by atoms with van der Waals surface area (Å²) in [5, 5.41) is 12.8. The van der Waals surface area contributed by atoms with E-state index < -0.39 is 35.7 Å². The number of alkyl halides is 3. The Morgan fingerprint density at radius 2 is 1.78 bits per heavy atom. The lowest BCUT2D eigenvalue weighted by atomic mass is 10.0. The van der Waals surface area contributed by atoms with E-state index in [2.05, 4.69) is 5.32 Å². The minimum atomic E-state index is -4.53. The fourth-order valence-corrected chi connectivity index (χ4v) is 2.59. The Hall–Kier alpha value is -2.58. The van der Waals surface area contributed by atoms with E-state index in [1.165, 1.54) is 0 Å². The summed E-state index contributed by atoms with van der Waals surface area (Å²) in [4.78, 5) is 23.8. The van der Waals surface area contributed by atoms with Crippen LogP contribution in [-0.2, 0) is 22.2 Å². The molecule has 0 spiro atoms. The van der Waals surface area contributed by atoms with Crippen LogP contribution in [0.1, 0.15) is 22.8 Å². The normalized spacial score (nSPS) is 13.7. The number of carbonyl (C=O) groups excluding carboxylic acids is 2. The van der Waals surface area contributed by atoms with E-state index in [1.807, 2.05) is 0 Å². The molecule has 0 aliphatic heterocycles. The molecule has 0 aliphatic carbocycles. The first-order valence-corrected chi connectivity index (χ1v) is 8.15. The van der Waals surface area contributed by atoms with E-state index >= 15 is 0 Å². The average molecular weight is 401 g/mol. The number of aliphatic hydroxyl groups excluding tert-OH is 1. The number of nitrogens with one attached hydrogen (secondary N) is 1. The number of amides is 2. The van der Waals surface area contributed by atoms with Crippen molar-refractivity contribution in [3.05, 3.63) is 70.2 Å². The molecule has 0 aromatic heterocycles. The van der Waals surface area contributed by atoms with Crippen molar-refractivity contribution < 1.29 is 27.9 Å². The first-order valence-electron chi connectivity index (χ1n) is 7.77. The van der Waals surface area contributed by atoms with Crippen molar-refractivity contribution >= 4 is 23.4 Å². The average Bonchev–Trinajstić information content (AvgIpc) is 2.59. The fourth-order valence-electron chi connectivity index (χ4n) is 2.38. The summed E-state index contributed by atoms with van der Waals surface area (Å²) in [6.45, 7) is 0. The van der Waals surface area contributed by atoms with Crippen LogP contribution in [0.15, 0.2) is 48.5 Å². The Morgan fingerprint density at radius 1 is 1.15 bits per heavy atom. The van der Waals surface area contributed by atoms with Crippen LogP contribution in [0.25, 0.3) is 0 Å². The summed E-state index contributed by atoms with van der Waals surface area (Å²) in [6.07, 6.45) is -6.24. The predicted molar refractivity (Wildman–Crippen MR) is 92.7 cm³/mol. The second kappa shape index (κ2) is 8.41. The molecule has 9 heteroatoms. The lowest BCUT2D eigenvalue weighted by Gasteiger charge is -2.19. The van der Waals surface area contributed by atoms with Gasteiger partial charge in [0.1, 0.15) is 6.04 Å². The van der Waals surface area contributed by atoms with Gasteiger partial charge in [-0.15, -0.1) is 0 Å². The third-order valence-electron chi connectivity index (χ3n) is 3.79. The van der Waals surface area contributed by atoms with Crippen molar-refractivity contribution in [2.75, 3.05) is 0 Å². The summed E-state index contributed by atoms with van der Waals surface area (Å²) in [5.74, 6) is -1.79. The molecule has 0 radical (unpaired) electrons. The van der Waals surface area contributed by atoms with Gasteiger partial charge < -0.3 is 16.2 Å². The SMILES string of the molecule is NC(=O)[C@H](Cc1cccc(Cl)c1)NC(=O)[C@@H](O)c1ccc(C(F)(F)F)cc1. The smallest absolute Gasteiger partial charge is 0.378 e. The molecule has 2 rings (SSSR count). The number of nitrogens with two attached hydrogens (primary N) is 1. The van der Waals surface area contributed by atoms with Gasteiger partial charge in [0.05, 0.1) is 5.56 Å². The molecule has 2 aromatic carbocycles. The molecule has 0 aliphatic rings. The highest BCUT2D eigenvalue weighted by atomic mass is 35.5. The van der Waals surface area contributed by atoms with Gasteiger partial charge in [-0.2, -0.15) is 13.2 Å². The Bertz CT molecular complexity index is 825. The second-order valence-corrected chi connectivity index (χ2v) is 6.26. The molecule has 2 atom stereocenters. The second-order valence-electron chi connectivity index (χ2n) is 5.82. The van der Waals surface area contributed by atoms with E-state index in [9.17, 15) is 27.9 Å². The van der Waals surface area contributed by atoms with E-state index in [-0.39, 0.29) is 12.0 Å². The predicted octanol–water partition coefficient (Wildman–Crippen LogP) is 2.61. The van der Waals surface area contributed by atoms with Crippen LogP contribution in [0, 0.1) is 0 Å². The molecule has 0 saturated carbocycles.